The second-order valence-corrected chi connectivity index (χ2v) is 6.34. The van der Waals surface area contributed by atoms with E-state index in [1.165, 1.54) is 25.9 Å². The zero-order chi connectivity index (χ0) is 11.5. The van der Waals surface area contributed by atoms with Crippen molar-refractivity contribution in [3.8, 4) is 0 Å². The first-order valence-corrected chi connectivity index (χ1v) is 6.31. The van der Waals surface area contributed by atoms with Gasteiger partial charge in [-0.3, -0.25) is 0 Å². The number of hydrogen-bond acceptors (Lipinski definition) is 2. The summed E-state index contributed by atoms with van der Waals surface area (Å²) in [6, 6.07) is 0.595. The molecule has 2 nitrogen and oxygen atoms in total. The van der Waals surface area contributed by atoms with Gasteiger partial charge in [-0.25, -0.2) is 0 Å². The number of rotatable bonds is 7. The quantitative estimate of drug-likeness (QED) is 0.697. The topological polar surface area (TPSA) is 15.3 Å². The Balaban J connectivity index is 2.20. The summed E-state index contributed by atoms with van der Waals surface area (Å²) >= 11 is 0. The third kappa shape index (κ3) is 6.16. The van der Waals surface area contributed by atoms with E-state index in [9.17, 15) is 0 Å². The van der Waals surface area contributed by atoms with E-state index in [-0.39, 0.29) is 0 Å². The predicted molar refractivity (Wildman–Crippen MR) is 67.1 cm³/mol. The molecule has 0 spiro atoms. The number of hydrogen-bond donors (Lipinski definition) is 1. The lowest BCUT2D eigenvalue weighted by molar-refractivity contribution is 0.195. The van der Waals surface area contributed by atoms with Crippen LogP contribution in [-0.4, -0.2) is 37.6 Å². The molecule has 90 valence electrons. The van der Waals surface area contributed by atoms with Crippen LogP contribution in [0.4, 0.5) is 0 Å². The van der Waals surface area contributed by atoms with Crippen LogP contribution in [0.1, 0.15) is 40.5 Å². The van der Waals surface area contributed by atoms with Crippen molar-refractivity contribution >= 4 is 0 Å². The van der Waals surface area contributed by atoms with Crippen LogP contribution in [-0.2, 0) is 0 Å². The molecule has 0 unspecified atom stereocenters. The Hall–Kier alpha value is -0.0800. The van der Waals surface area contributed by atoms with Crippen LogP contribution >= 0.6 is 0 Å². The van der Waals surface area contributed by atoms with Gasteiger partial charge in [0.15, 0.2) is 0 Å². The van der Waals surface area contributed by atoms with Gasteiger partial charge in [-0.15, -0.1) is 0 Å². The maximum atomic E-state index is 3.53. The van der Waals surface area contributed by atoms with Crippen molar-refractivity contribution < 1.29 is 0 Å². The normalized spacial score (nSPS) is 17.8. The summed E-state index contributed by atoms with van der Waals surface area (Å²) in [7, 11) is 2.26. The summed E-state index contributed by atoms with van der Waals surface area (Å²) in [5.41, 5.74) is 0.383. The minimum absolute atomic E-state index is 0.383. The van der Waals surface area contributed by atoms with Crippen molar-refractivity contribution in [3.63, 3.8) is 0 Å². The van der Waals surface area contributed by atoms with E-state index in [2.05, 4.69) is 45.0 Å². The maximum absolute atomic E-state index is 3.53. The van der Waals surface area contributed by atoms with E-state index in [1.54, 1.807) is 0 Å². The molecule has 1 N–H and O–H groups in total. The molecule has 1 saturated carbocycles. The van der Waals surface area contributed by atoms with Gasteiger partial charge in [0.2, 0.25) is 0 Å². The van der Waals surface area contributed by atoms with E-state index in [0.29, 0.717) is 11.5 Å². The number of nitrogens with zero attached hydrogens (tertiary/aromatic N) is 1. The highest BCUT2D eigenvalue weighted by Gasteiger charge is 2.26. The van der Waals surface area contributed by atoms with E-state index in [1.807, 2.05) is 0 Å². The Morgan fingerprint density at radius 3 is 2.40 bits per heavy atom. The summed E-state index contributed by atoms with van der Waals surface area (Å²) in [4.78, 5) is 2.50. The fourth-order valence-electron chi connectivity index (χ4n) is 2.07. The molecule has 1 rings (SSSR count). The van der Waals surface area contributed by atoms with Crippen molar-refractivity contribution in [2.45, 2.75) is 46.6 Å². The predicted octanol–water partition coefficient (Wildman–Crippen LogP) is 2.35. The SMILES string of the molecule is CC(C)NCC(C)(C)CN(C)CC1CC1. The molecule has 15 heavy (non-hydrogen) atoms. The van der Waals surface area contributed by atoms with Crippen molar-refractivity contribution in [2.75, 3.05) is 26.7 Å². The standard InChI is InChI=1S/C13H28N2/c1-11(2)14-9-13(3,4)10-15(5)8-12-6-7-12/h11-12,14H,6-10H2,1-5H3. The number of nitrogens with one attached hydrogen (secondary N) is 1. The lowest BCUT2D eigenvalue weighted by atomic mass is 9.92. The molecule has 1 aliphatic rings. The van der Waals surface area contributed by atoms with Gasteiger partial charge in [-0.05, 0) is 31.2 Å². The van der Waals surface area contributed by atoms with Gasteiger partial charge >= 0.3 is 0 Å². The summed E-state index contributed by atoms with van der Waals surface area (Å²) in [5.74, 6) is 1.00. The van der Waals surface area contributed by atoms with Gasteiger partial charge in [0.25, 0.3) is 0 Å². The van der Waals surface area contributed by atoms with Crippen LogP contribution in [0.5, 0.6) is 0 Å². The maximum Gasteiger partial charge on any atom is 0.00419 e. The largest absolute Gasteiger partial charge is 0.314 e. The molecule has 2 heteroatoms. The van der Waals surface area contributed by atoms with Gasteiger partial charge in [0.1, 0.15) is 0 Å². The van der Waals surface area contributed by atoms with Crippen LogP contribution in [0.15, 0.2) is 0 Å². The van der Waals surface area contributed by atoms with Crippen molar-refractivity contribution in [3.05, 3.63) is 0 Å². The second-order valence-electron chi connectivity index (χ2n) is 6.34. The summed E-state index contributed by atoms with van der Waals surface area (Å²) in [6.07, 6.45) is 2.91. The Morgan fingerprint density at radius 2 is 1.93 bits per heavy atom. The van der Waals surface area contributed by atoms with Crippen LogP contribution in [0.3, 0.4) is 0 Å². The first-order valence-electron chi connectivity index (χ1n) is 6.31. The summed E-state index contributed by atoms with van der Waals surface area (Å²) in [5, 5.41) is 3.53. The molecule has 0 radical (unpaired) electrons. The molecule has 0 aromatic rings. The third-order valence-electron chi connectivity index (χ3n) is 2.95. The monoisotopic (exact) mass is 212 g/mol. The Bertz CT molecular complexity index is 183. The molecule has 0 atom stereocenters. The van der Waals surface area contributed by atoms with Crippen LogP contribution in [0.2, 0.25) is 0 Å². The fraction of sp³-hybridized carbons (Fsp3) is 1.00. The van der Waals surface area contributed by atoms with Crippen molar-refractivity contribution in [2.24, 2.45) is 11.3 Å². The molecule has 0 heterocycles. The van der Waals surface area contributed by atoms with Gasteiger partial charge < -0.3 is 10.2 Å². The zero-order valence-corrected chi connectivity index (χ0v) is 11.1. The lowest BCUT2D eigenvalue weighted by Gasteiger charge is -2.31. The van der Waals surface area contributed by atoms with Gasteiger partial charge in [-0.2, -0.15) is 0 Å². The minimum Gasteiger partial charge on any atom is -0.314 e. The zero-order valence-electron chi connectivity index (χ0n) is 11.1. The van der Waals surface area contributed by atoms with Gasteiger partial charge in [0.05, 0.1) is 0 Å². The Labute approximate surface area is 95.4 Å². The minimum atomic E-state index is 0.383. The molecular weight excluding hydrogens is 184 g/mol. The van der Waals surface area contributed by atoms with Crippen LogP contribution < -0.4 is 5.32 Å². The molecule has 0 bridgehead atoms. The van der Waals surface area contributed by atoms with E-state index in [0.717, 1.165) is 12.5 Å². The highest BCUT2D eigenvalue weighted by atomic mass is 15.1. The third-order valence-corrected chi connectivity index (χ3v) is 2.95. The van der Waals surface area contributed by atoms with E-state index >= 15 is 0 Å². The van der Waals surface area contributed by atoms with Crippen LogP contribution in [0, 0.1) is 11.3 Å². The van der Waals surface area contributed by atoms with Crippen molar-refractivity contribution in [1.82, 2.24) is 10.2 Å². The van der Waals surface area contributed by atoms with E-state index < -0.39 is 0 Å². The average Bonchev–Trinajstić information content (AvgIpc) is 2.83. The van der Waals surface area contributed by atoms with Crippen LogP contribution in [0.25, 0.3) is 0 Å². The molecular formula is C13H28N2. The van der Waals surface area contributed by atoms with Gasteiger partial charge in [0, 0.05) is 25.7 Å². The molecule has 0 amide bonds. The van der Waals surface area contributed by atoms with E-state index in [4.69, 9.17) is 0 Å². The Kier molecular flexibility index (Phi) is 4.60. The molecule has 0 aromatic carbocycles. The molecule has 1 aliphatic carbocycles. The molecule has 0 aliphatic heterocycles. The van der Waals surface area contributed by atoms with Crippen molar-refractivity contribution in [1.29, 1.82) is 0 Å². The molecule has 0 aromatic heterocycles. The summed E-state index contributed by atoms with van der Waals surface area (Å²) in [6.45, 7) is 12.7. The lowest BCUT2D eigenvalue weighted by Crippen LogP contribution is -2.41. The summed E-state index contributed by atoms with van der Waals surface area (Å²) < 4.78 is 0. The molecule has 0 saturated heterocycles. The van der Waals surface area contributed by atoms with Gasteiger partial charge in [-0.1, -0.05) is 27.7 Å². The first-order chi connectivity index (χ1) is 6.89. The average molecular weight is 212 g/mol. The first kappa shape index (κ1) is 13.0. The molecule has 1 fully saturated rings. The smallest absolute Gasteiger partial charge is 0.00419 e. The highest BCUT2D eigenvalue weighted by molar-refractivity contribution is 4.80. The highest BCUT2D eigenvalue weighted by Crippen LogP contribution is 2.30. The fourth-order valence-corrected chi connectivity index (χ4v) is 2.07. The Morgan fingerprint density at radius 1 is 1.33 bits per heavy atom. The second kappa shape index (κ2) is 5.31.